The van der Waals surface area contributed by atoms with Gasteiger partial charge in [0.15, 0.2) is 0 Å². The van der Waals surface area contributed by atoms with Crippen molar-refractivity contribution in [2.45, 2.75) is 30.9 Å². The molecule has 1 aromatic carbocycles. The van der Waals surface area contributed by atoms with Crippen LogP contribution in [0.4, 0.5) is 0 Å². The number of β-amino-alcohol motifs (C(OH)–C–C–N with tert-alkyl or cyclic N) is 1. The molecule has 0 amide bonds. The number of nitrogens with one attached hydrogen (secondary N) is 1. The monoisotopic (exact) mass is 314 g/mol. The van der Waals surface area contributed by atoms with Crippen molar-refractivity contribution in [3.63, 3.8) is 0 Å². The number of aliphatic hydroxyl groups excluding tert-OH is 1. The molecule has 0 radical (unpaired) electrons. The summed E-state index contributed by atoms with van der Waals surface area (Å²) in [5, 5.41) is 12.8. The van der Waals surface area contributed by atoms with Gasteiger partial charge >= 0.3 is 0 Å². The van der Waals surface area contributed by atoms with Crippen LogP contribution in [0.5, 0.6) is 5.75 Å². The Kier molecular flexibility index (Phi) is 4.88. The Morgan fingerprint density at radius 1 is 1.43 bits per heavy atom. The van der Waals surface area contributed by atoms with Gasteiger partial charge in [0.2, 0.25) is 10.0 Å². The third-order valence-corrected chi connectivity index (χ3v) is 5.62. The Balaban J connectivity index is 2.28. The number of rotatable bonds is 5. The van der Waals surface area contributed by atoms with Gasteiger partial charge in [-0.15, -0.1) is 0 Å². The molecule has 0 saturated carbocycles. The first kappa shape index (κ1) is 16.2. The SMILES string of the molecule is CCOc1ccc(S(=O)(=O)N(C)[C@H]2CNC[C@@H]2O)cc1C. The number of sulfonamides is 1. The van der Waals surface area contributed by atoms with Crippen LogP contribution in [0, 0.1) is 6.92 Å². The van der Waals surface area contributed by atoms with Gasteiger partial charge in [0.25, 0.3) is 0 Å². The second-order valence-electron chi connectivity index (χ2n) is 5.17. The molecule has 0 unspecified atom stereocenters. The van der Waals surface area contributed by atoms with E-state index in [1.165, 1.54) is 11.4 Å². The first-order valence-corrected chi connectivity index (χ1v) is 8.42. The van der Waals surface area contributed by atoms with Gasteiger partial charge in [0.05, 0.1) is 23.6 Å². The molecule has 0 aromatic heterocycles. The van der Waals surface area contributed by atoms with E-state index in [-0.39, 0.29) is 4.90 Å². The maximum Gasteiger partial charge on any atom is 0.243 e. The average molecular weight is 314 g/mol. The summed E-state index contributed by atoms with van der Waals surface area (Å²) in [5.41, 5.74) is 0.774. The summed E-state index contributed by atoms with van der Waals surface area (Å²) in [6.07, 6.45) is -0.687. The minimum atomic E-state index is -3.63. The summed E-state index contributed by atoms with van der Waals surface area (Å²) in [6, 6.07) is 4.37. The number of hydrogen-bond donors (Lipinski definition) is 2. The standard InChI is InChI=1S/C14H22N2O4S/c1-4-20-14-6-5-11(7-10(14)2)21(18,19)16(3)12-8-15-9-13(12)17/h5-7,12-13,15,17H,4,8-9H2,1-3H3/t12-,13-/m0/s1. The number of aryl methyl sites for hydroxylation is 1. The summed E-state index contributed by atoms with van der Waals surface area (Å²) >= 11 is 0. The summed E-state index contributed by atoms with van der Waals surface area (Å²) in [6.45, 7) is 5.09. The average Bonchev–Trinajstić information content (AvgIpc) is 2.86. The van der Waals surface area contributed by atoms with Gasteiger partial charge in [-0.25, -0.2) is 8.42 Å². The van der Waals surface area contributed by atoms with E-state index in [0.29, 0.717) is 25.4 Å². The van der Waals surface area contributed by atoms with Gasteiger partial charge in [-0.2, -0.15) is 4.31 Å². The van der Waals surface area contributed by atoms with Crippen molar-refractivity contribution in [1.82, 2.24) is 9.62 Å². The maximum atomic E-state index is 12.6. The first-order chi connectivity index (χ1) is 9.87. The molecule has 1 aliphatic rings. The molecule has 118 valence electrons. The van der Waals surface area contributed by atoms with Crippen molar-refractivity contribution < 1.29 is 18.3 Å². The van der Waals surface area contributed by atoms with Crippen molar-refractivity contribution in [3.05, 3.63) is 23.8 Å². The summed E-state index contributed by atoms with van der Waals surface area (Å²) in [4.78, 5) is 0.213. The third kappa shape index (κ3) is 3.21. The van der Waals surface area contributed by atoms with Crippen LogP contribution in [0.25, 0.3) is 0 Å². The number of ether oxygens (including phenoxy) is 1. The van der Waals surface area contributed by atoms with Crippen molar-refractivity contribution >= 4 is 10.0 Å². The van der Waals surface area contributed by atoms with Crippen LogP contribution >= 0.6 is 0 Å². The molecule has 6 nitrogen and oxygen atoms in total. The molecule has 1 saturated heterocycles. The zero-order valence-corrected chi connectivity index (χ0v) is 13.4. The highest BCUT2D eigenvalue weighted by molar-refractivity contribution is 7.89. The molecule has 21 heavy (non-hydrogen) atoms. The number of benzene rings is 1. The van der Waals surface area contributed by atoms with Crippen LogP contribution in [0.1, 0.15) is 12.5 Å². The smallest absolute Gasteiger partial charge is 0.243 e. The van der Waals surface area contributed by atoms with Crippen LogP contribution in [-0.4, -0.2) is 56.7 Å². The third-order valence-electron chi connectivity index (χ3n) is 3.74. The van der Waals surface area contributed by atoms with E-state index >= 15 is 0 Å². The van der Waals surface area contributed by atoms with Gasteiger partial charge in [0.1, 0.15) is 5.75 Å². The highest BCUT2D eigenvalue weighted by Crippen LogP contribution is 2.25. The van der Waals surface area contributed by atoms with Gasteiger partial charge in [-0.05, 0) is 37.6 Å². The number of aliphatic hydroxyl groups is 1. The van der Waals surface area contributed by atoms with Gasteiger partial charge in [-0.3, -0.25) is 0 Å². The molecule has 7 heteroatoms. The molecule has 1 heterocycles. The lowest BCUT2D eigenvalue weighted by Crippen LogP contribution is -2.44. The molecule has 0 spiro atoms. The number of nitrogens with zero attached hydrogens (tertiary/aromatic N) is 1. The van der Waals surface area contributed by atoms with Crippen LogP contribution in [0.3, 0.4) is 0 Å². The first-order valence-electron chi connectivity index (χ1n) is 6.98. The molecule has 0 aliphatic carbocycles. The van der Waals surface area contributed by atoms with E-state index in [4.69, 9.17) is 4.74 Å². The Morgan fingerprint density at radius 3 is 2.67 bits per heavy atom. The molecule has 1 aromatic rings. The predicted octanol–water partition coefficient (Wildman–Crippen LogP) is 0.347. The minimum Gasteiger partial charge on any atom is -0.494 e. The van der Waals surface area contributed by atoms with Crippen molar-refractivity contribution in [3.8, 4) is 5.75 Å². The highest BCUT2D eigenvalue weighted by Gasteiger charge is 2.35. The lowest BCUT2D eigenvalue weighted by molar-refractivity contribution is 0.136. The van der Waals surface area contributed by atoms with Gasteiger partial charge < -0.3 is 15.2 Å². The van der Waals surface area contributed by atoms with E-state index < -0.39 is 22.2 Å². The molecular weight excluding hydrogens is 292 g/mol. The molecule has 2 atom stereocenters. The fraction of sp³-hybridized carbons (Fsp3) is 0.571. The molecule has 0 bridgehead atoms. The summed E-state index contributed by atoms with van der Waals surface area (Å²) < 4.78 is 31.9. The molecular formula is C14H22N2O4S. The van der Waals surface area contributed by atoms with Crippen LogP contribution < -0.4 is 10.1 Å². The Hall–Kier alpha value is -1.15. The van der Waals surface area contributed by atoms with Crippen LogP contribution in [0.15, 0.2) is 23.1 Å². The van der Waals surface area contributed by atoms with Crippen molar-refractivity contribution in [2.75, 3.05) is 26.7 Å². The second-order valence-corrected chi connectivity index (χ2v) is 7.17. The van der Waals surface area contributed by atoms with Crippen molar-refractivity contribution in [2.24, 2.45) is 0 Å². The predicted molar refractivity (Wildman–Crippen MR) is 80.0 cm³/mol. The fourth-order valence-electron chi connectivity index (χ4n) is 2.47. The fourth-order valence-corrected chi connectivity index (χ4v) is 3.94. The Labute approximate surface area is 125 Å². The lowest BCUT2D eigenvalue weighted by atomic mass is 10.2. The van der Waals surface area contributed by atoms with Gasteiger partial charge in [-0.1, -0.05) is 0 Å². The molecule has 2 rings (SSSR count). The van der Waals surface area contributed by atoms with E-state index in [2.05, 4.69) is 5.32 Å². The number of likely N-dealkylation sites (N-methyl/N-ethyl adjacent to an activating group) is 1. The van der Waals surface area contributed by atoms with E-state index in [9.17, 15) is 13.5 Å². The minimum absolute atomic E-state index is 0.213. The number of hydrogen-bond acceptors (Lipinski definition) is 5. The molecule has 1 fully saturated rings. The topological polar surface area (TPSA) is 78.9 Å². The van der Waals surface area contributed by atoms with Crippen LogP contribution in [0.2, 0.25) is 0 Å². The summed E-state index contributed by atoms with van der Waals surface area (Å²) in [5.74, 6) is 0.682. The van der Waals surface area contributed by atoms with Crippen LogP contribution in [-0.2, 0) is 10.0 Å². The van der Waals surface area contributed by atoms with Gasteiger partial charge in [0, 0.05) is 20.1 Å². The Bertz CT molecular complexity index is 603. The normalized spacial score (nSPS) is 22.7. The zero-order valence-electron chi connectivity index (χ0n) is 12.5. The Morgan fingerprint density at radius 2 is 2.14 bits per heavy atom. The highest BCUT2D eigenvalue weighted by atomic mass is 32.2. The maximum absolute atomic E-state index is 12.6. The van der Waals surface area contributed by atoms with E-state index in [0.717, 1.165) is 5.56 Å². The van der Waals surface area contributed by atoms with Crippen molar-refractivity contribution in [1.29, 1.82) is 0 Å². The summed E-state index contributed by atoms with van der Waals surface area (Å²) in [7, 11) is -2.13. The van der Waals surface area contributed by atoms with E-state index in [1.54, 1.807) is 18.2 Å². The molecule has 2 N–H and O–H groups in total. The second kappa shape index (κ2) is 6.31. The quantitative estimate of drug-likeness (QED) is 0.820. The largest absolute Gasteiger partial charge is 0.494 e. The zero-order chi connectivity index (χ0) is 15.6. The lowest BCUT2D eigenvalue weighted by Gasteiger charge is -2.26. The van der Waals surface area contributed by atoms with E-state index in [1.807, 2.05) is 13.8 Å². The molecule has 1 aliphatic heterocycles.